The van der Waals surface area contributed by atoms with E-state index in [-0.39, 0.29) is 11.6 Å². The van der Waals surface area contributed by atoms with Crippen molar-refractivity contribution in [2.75, 3.05) is 18.4 Å². The zero-order valence-electron chi connectivity index (χ0n) is 12.2. The molecule has 1 fully saturated rings. The van der Waals surface area contributed by atoms with Gasteiger partial charge in [0.25, 0.3) is 0 Å². The normalized spacial score (nSPS) is 17.4. The number of carboxylic acids is 1. The van der Waals surface area contributed by atoms with Gasteiger partial charge in [-0.15, -0.1) is 0 Å². The fourth-order valence-electron chi connectivity index (χ4n) is 2.44. The van der Waals surface area contributed by atoms with Crippen LogP contribution in [0.2, 0.25) is 0 Å². The molecular formula is C15H20N2O4. The molecule has 0 aromatic heterocycles. The standard InChI is InChI=1S/C15H20N2O4/c1-10-4-3-5-11(12(10)13(18)19)16-14(20)17-8-6-15(2,21)7-9-17/h3-5,21H,6-9H2,1-2H3,(H,16,20)(H,18,19). The molecule has 21 heavy (non-hydrogen) atoms. The Morgan fingerprint density at radius 3 is 2.48 bits per heavy atom. The third-order valence-electron chi connectivity index (χ3n) is 3.86. The highest BCUT2D eigenvalue weighted by Crippen LogP contribution is 2.23. The molecule has 0 unspecified atom stereocenters. The molecule has 1 aromatic rings. The van der Waals surface area contributed by atoms with Gasteiger partial charge >= 0.3 is 12.0 Å². The Labute approximate surface area is 123 Å². The maximum absolute atomic E-state index is 12.2. The van der Waals surface area contributed by atoms with Crippen LogP contribution in [0.1, 0.15) is 35.7 Å². The van der Waals surface area contributed by atoms with Gasteiger partial charge in [-0.25, -0.2) is 9.59 Å². The zero-order chi connectivity index (χ0) is 15.6. The Morgan fingerprint density at radius 1 is 1.29 bits per heavy atom. The summed E-state index contributed by atoms with van der Waals surface area (Å²) in [4.78, 5) is 25.1. The minimum Gasteiger partial charge on any atom is -0.478 e. The number of anilines is 1. The Bertz CT molecular complexity index is 559. The van der Waals surface area contributed by atoms with E-state index in [0.29, 0.717) is 37.2 Å². The molecule has 0 aliphatic carbocycles. The quantitative estimate of drug-likeness (QED) is 0.778. The first-order chi connectivity index (χ1) is 9.80. The Kier molecular flexibility index (Phi) is 4.18. The molecule has 0 bridgehead atoms. The molecule has 6 heteroatoms. The predicted octanol–water partition coefficient (Wildman–Crippen LogP) is 2.07. The molecule has 0 spiro atoms. The van der Waals surface area contributed by atoms with Crippen molar-refractivity contribution < 1.29 is 19.8 Å². The summed E-state index contributed by atoms with van der Waals surface area (Å²) in [6.45, 7) is 4.35. The highest BCUT2D eigenvalue weighted by molar-refractivity contribution is 6.01. The molecule has 1 heterocycles. The average Bonchev–Trinajstić information content (AvgIpc) is 2.38. The van der Waals surface area contributed by atoms with E-state index in [9.17, 15) is 19.8 Å². The number of amides is 2. The van der Waals surface area contributed by atoms with Gasteiger partial charge in [0.2, 0.25) is 0 Å². The lowest BCUT2D eigenvalue weighted by Crippen LogP contribution is -2.46. The lowest BCUT2D eigenvalue weighted by molar-refractivity contribution is 0.00570. The highest BCUT2D eigenvalue weighted by Gasteiger charge is 2.30. The van der Waals surface area contributed by atoms with Crippen molar-refractivity contribution in [3.63, 3.8) is 0 Å². The van der Waals surface area contributed by atoms with E-state index in [4.69, 9.17) is 0 Å². The summed E-state index contributed by atoms with van der Waals surface area (Å²) in [7, 11) is 0. The minimum absolute atomic E-state index is 0.106. The molecule has 3 N–H and O–H groups in total. The largest absolute Gasteiger partial charge is 0.478 e. The molecule has 0 radical (unpaired) electrons. The molecule has 0 atom stereocenters. The van der Waals surface area contributed by atoms with E-state index in [1.807, 2.05) is 0 Å². The second kappa shape index (κ2) is 5.73. The molecular weight excluding hydrogens is 272 g/mol. The number of hydrogen-bond acceptors (Lipinski definition) is 3. The van der Waals surface area contributed by atoms with Crippen LogP contribution in [-0.4, -0.2) is 45.8 Å². The van der Waals surface area contributed by atoms with Crippen molar-refractivity contribution in [1.82, 2.24) is 4.90 Å². The molecule has 2 rings (SSSR count). The van der Waals surface area contributed by atoms with Gasteiger partial charge in [0.15, 0.2) is 0 Å². The first-order valence-corrected chi connectivity index (χ1v) is 6.91. The smallest absolute Gasteiger partial charge is 0.338 e. The molecule has 0 saturated carbocycles. The van der Waals surface area contributed by atoms with Gasteiger partial charge in [-0.1, -0.05) is 12.1 Å². The number of benzene rings is 1. The second-order valence-corrected chi connectivity index (χ2v) is 5.72. The highest BCUT2D eigenvalue weighted by atomic mass is 16.4. The number of carbonyl (C=O) groups is 2. The number of rotatable bonds is 2. The first-order valence-electron chi connectivity index (χ1n) is 6.91. The van der Waals surface area contributed by atoms with Crippen LogP contribution >= 0.6 is 0 Å². The number of aliphatic hydroxyl groups is 1. The van der Waals surface area contributed by atoms with Crippen LogP contribution in [-0.2, 0) is 0 Å². The number of likely N-dealkylation sites (tertiary alicyclic amines) is 1. The fraction of sp³-hybridized carbons (Fsp3) is 0.467. The van der Waals surface area contributed by atoms with Gasteiger partial charge in [-0.2, -0.15) is 0 Å². The third kappa shape index (κ3) is 3.52. The van der Waals surface area contributed by atoms with Crippen LogP contribution in [0.25, 0.3) is 0 Å². The number of piperidine rings is 1. The van der Waals surface area contributed by atoms with Gasteiger partial charge in [0, 0.05) is 13.1 Å². The maximum Gasteiger partial charge on any atom is 0.338 e. The first kappa shape index (κ1) is 15.3. The topological polar surface area (TPSA) is 89.9 Å². The van der Waals surface area contributed by atoms with E-state index in [1.54, 1.807) is 36.9 Å². The Balaban J connectivity index is 2.11. The molecule has 1 aromatic carbocycles. The lowest BCUT2D eigenvalue weighted by Gasteiger charge is -2.35. The summed E-state index contributed by atoms with van der Waals surface area (Å²) >= 11 is 0. The summed E-state index contributed by atoms with van der Waals surface area (Å²) in [5, 5.41) is 21.8. The van der Waals surface area contributed by atoms with Crippen molar-refractivity contribution in [2.45, 2.75) is 32.3 Å². The summed E-state index contributed by atoms with van der Waals surface area (Å²) in [6, 6.07) is 4.64. The SMILES string of the molecule is Cc1cccc(NC(=O)N2CCC(C)(O)CC2)c1C(=O)O. The van der Waals surface area contributed by atoms with Crippen LogP contribution < -0.4 is 5.32 Å². The van der Waals surface area contributed by atoms with Gasteiger partial charge in [0.1, 0.15) is 0 Å². The molecule has 6 nitrogen and oxygen atoms in total. The van der Waals surface area contributed by atoms with Crippen LogP contribution in [0.5, 0.6) is 0 Å². The number of carboxylic acid groups (broad SMARTS) is 1. The van der Waals surface area contributed by atoms with Crippen LogP contribution in [0.15, 0.2) is 18.2 Å². The molecule has 1 saturated heterocycles. The summed E-state index contributed by atoms with van der Waals surface area (Å²) in [5.74, 6) is -1.06. The maximum atomic E-state index is 12.2. The van der Waals surface area contributed by atoms with Crippen LogP contribution in [0.3, 0.4) is 0 Å². The number of hydrogen-bond donors (Lipinski definition) is 3. The van der Waals surface area contributed by atoms with E-state index in [2.05, 4.69) is 5.32 Å². The Hall–Kier alpha value is -2.08. The number of aromatic carboxylic acids is 1. The minimum atomic E-state index is -1.06. The molecule has 1 aliphatic rings. The summed E-state index contributed by atoms with van der Waals surface area (Å²) in [6.07, 6.45) is 1.03. The van der Waals surface area contributed by atoms with Crippen molar-refractivity contribution in [1.29, 1.82) is 0 Å². The van der Waals surface area contributed by atoms with Crippen molar-refractivity contribution in [3.8, 4) is 0 Å². The molecule has 2 amide bonds. The Morgan fingerprint density at radius 2 is 1.90 bits per heavy atom. The lowest BCUT2D eigenvalue weighted by atomic mass is 9.94. The van der Waals surface area contributed by atoms with Crippen LogP contribution in [0.4, 0.5) is 10.5 Å². The summed E-state index contributed by atoms with van der Waals surface area (Å²) < 4.78 is 0. The van der Waals surface area contributed by atoms with Crippen molar-refractivity contribution in [2.24, 2.45) is 0 Å². The number of nitrogens with one attached hydrogen (secondary N) is 1. The number of nitrogens with zero attached hydrogens (tertiary/aromatic N) is 1. The zero-order valence-corrected chi connectivity index (χ0v) is 12.2. The van der Waals surface area contributed by atoms with Crippen molar-refractivity contribution in [3.05, 3.63) is 29.3 Å². The fourth-order valence-corrected chi connectivity index (χ4v) is 2.44. The van der Waals surface area contributed by atoms with E-state index >= 15 is 0 Å². The van der Waals surface area contributed by atoms with E-state index in [0.717, 1.165) is 0 Å². The van der Waals surface area contributed by atoms with E-state index < -0.39 is 11.6 Å². The van der Waals surface area contributed by atoms with Gasteiger partial charge in [0.05, 0.1) is 16.9 Å². The molecule has 114 valence electrons. The number of urea groups is 1. The number of carbonyl (C=O) groups excluding carboxylic acids is 1. The number of aryl methyl sites for hydroxylation is 1. The average molecular weight is 292 g/mol. The summed E-state index contributed by atoms with van der Waals surface area (Å²) in [5.41, 5.74) is 0.272. The van der Waals surface area contributed by atoms with Crippen LogP contribution in [0, 0.1) is 6.92 Å². The molecule has 1 aliphatic heterocycles. The van der Waals surface area contributed by atoms with Gasteiger partial charge in [-0.05, 0) is 38.3 Å². The van der Waals surface area contributed by atoms with Crippen molar-refractivity contribution >= 4 is 17.7 Å². The third-order valence-corrected chi connectivity index (χ3v) is 3.86. The van der Waals surface area contributed by atoms with Gasteiger partial charge < -0.3 is 20.4 Å². The van der Waals surface area contributed by atoms with Gasteiger partial charge in [-0.3, -0.25) is 0 Å². The predicted molar refractivity (Wildman–Crippen MR) is 78.6 cm³/mol. The van der Waals surface area contributed by atoms with E-state index in [1.165, 1.54) is 0 Å². The monoisotopic (exact) mass is 292 g/mol. The second-order valence-electron chi connectivity index (χ2n) is 5.72.